The number of rotatable bonds is 6. The van der Waals surface area contributed by atoms with Crippen molar-refractivity contribution in [2.24, 2.45) is 5.92 Å². The molecule has 1 aliphatic carbocycles. The Balaban J connectivity index is 1.88. The lowest BCUT2D eigenvalue weighted by molar-refractivity contribution is 0.277. The standard InChI is InChI=1S/C16H28N2O/c1-12-8-14(11-18(5)10-13-6-7-13)19-15(12)9-17-16(2,3)4/h8,13,17H,6-7,9-11H2,1-5H3. The first kappa shape index (κ1) is 14.6. The van der Waals surface area contributed by atoms with E-state index < -0.39 is 0 Å². The molecule has 1 N–H and O–H groups in total. The van der Waals surface area contributed by atoms with Crippen molar-refractivity contribution in [1.82, 2.24) is 10.2 Å². The van der Waals surface area contributed by atoms with Crippen LogP contribution in [0.15, 0.2) is 10.5 Å². The molecule has 3 heteroatoms. The maximum absolute atomic E-state index is 5.98. The maximum Gasteiger partial charge on any atom is 0.120 e. The smallest absolute Gasteiger partial charge is 0.120 e. The molecule has 1 aromatic rings. The van der Waals surface area contributed by atoms with Crippen LogP contribution < -0.4 is 5.32 Å². The van der Waals surface area contributed by atoms with Gasteiger partial charge in [-0.3, -0.25) is 4.90 Å². The zero-order valence-electron chi connectivity index (χ0n) is 13.0. The van der Waals surface area contributed by atoms with E-state index >= 15 is 0 Å². The van der Waals surface area contributed by atoms with Crippen molar-refractivity contribution in [3.05, 3.63) is 23.2 Å². The van der Waals surface area contributed by atoms with Gasteiger partial charge in [-0.25, -0.2) is 0 Å². The minimum absolute atomic E-state index is 0.127. The van der Waals surface area contributed by atoms with Crippen molar-refractivity contribution < 1.29 is 4.42 Å². The highest BCUT2D eigenvalue weighted by molar-refractivity contribution is 5.20. The second-order valence-electron chi connectivity index (χ2n) is 7.06. The van der Waals surface area contributed by atoms with Crippen molar-refractivity contribution in [1.29, 1.82) is 0 Å². The Morgan fingerprint density at radius 2 is 2.05 bits per heavy atom. The minimum Gasteiger partial charge on any atom is -0.463 e. The summed E-state index contributed by atoms with van der Waals surface area (Å²) in [4.78, 5) is 2.37. The lowest BCUT2D eigenvalue weighted by atomic mass is 10.1. The molecule has 1 fully saturated rings. The minimum atomic E-state index is 0.127. The molecule has 0 unspecified atom stereocenters. The average Bonchev–Trinajstić information content (AvgIpc) is 2.99. The van der Waals surface area contributed by atoms with Crippen LogP contribution >= 0.6 is 0 Å². The van der Waals surface area contributed by atoms with Crippen LogP contribution in [0.4, 0.5) is 0 Å². The topological polar surface area (TPSA) is 28.4 Å². The Morgan fingerprint density at radius 3 is 2.63 bits per heavy atom. The van der Waals surface area contributed by atoms with E-state index in [9.17, 15) is 0 Å². The second kappa shape index (κ2) is 5.68. The van der Waals surface area contributed by atoms with Gasteiger partial charge in [-0.1, -0.05) is 0 Å². The molecule has 1 heterocycles. The Labute approximate surface area is 117 Å². The zero-order chi connectivity index (χ0) is 14.0. The Hall–Kier alpha value is -0.800. The third-order valence-electron chi connectivity index (χ3n) is 3.54. The number of furan rings is 1. The van der Waals surface area contributed by atoms with Crippen LogP contribution in [0, 0.1) is 12.8 Å². The molecule has 1 aliphatic rings. The van der Waals surface area contributed by atoms with E-state index in [0.29, 0.717) is 0 Å². The summed E-state index contributed by atoms with van der Waals surface area (Å²) in [6.45, 7) is 11.6. The van der Waals surface area contributed by atoms with E-state index in [-0.39, 0.29) is 5.54 Å². The number of nitrogens with zero attached hydrogens (tertiary/aromatic N) is 1. The van der Waals surface area contributed by atoms with E-state index in [1.807, 2.05) is 0 Å². The van der Waals surface area contributed by atoms with Gasteiger partial charge in [-0.15, -0.1) is 0 Å². The number of hydrogen-bond acceptors (Lipinski definition) is 3. The van der Waals surface area contributed by atoms with E-state index in [4.69, 9.17) is 4.42 Å². The van der Waals surface area contributed by atoms with Gasteiger partial charge in [0.25, 0.3) is 0 Å². The van der Waals surface area contributed by atoms with Gasteiger partial charge in [0.2, 0.25) is 0 Å². The molecule has 0 aliphatic heterocycles. The summed E-state index contributed by atoms with van der Waals surface area (Å²) in [7, 11) is 2.18. The van der Waals surface area contributed by atoms with Crippen molar-refractivity contribution in [3.8, 4) is 0 Å². The quantitative estimate of drug-likeness (QED) is 0.854. The summed E-state index contributed by atoms with van der Waals surface area (Å²) in [5.74, 6) is 3.10. The van der Waals surface area contributed by atoms with Gasteiger partial charge < -0.3 is 9.73 Å². The summed E-state index contributed by atoms with van der Waals surface area (Å²) in [6, 6.07) is 2.18. The molecule has 0 aromatic carbocycles. The normalized spacial score (nSPS) is 16.3. The molecule has 1 aromatic heterocycles. The maximum atomic E-state index is 5.98. The molecule has 108 valence electrons. The molecule has 0 bridgehead atoms. The lowest BCUT2D eigenvalue weighted by Gasteiger charge is -2.19. The largest absolute Gasteiger partial charge is 0.463 e. The van der Waals surface area contributed by atoms with Gasteiger partial charge in [0.15, 0.2) is 0 Å². The van der Waals surface area contributed by atoms with Crippen molar-refractivity contribution >= 4 is 0 Å². The SMILES string of the molecule is Cc1cc(CN(C)CC2CC2)oc1CNC(C)(C)C. The van der Waals surface area contributed by atoms with Gasteiger partial charge in [-0.2, -0.15) is 0 Å². The van der Waals surface area contributed by atoms with E-state index in [1.54, 1.807) is 0 Å². The van der Waals surface area contributed by atoms with Crippen molar-refractivity contribution in [2.75, 3.05) is 13.6 Å². The highest BCUT2D eigenvalue weighted by atomic mass is 16.3. The third-order valence-corrected chi connectivity index (χ3v) is 3.54. The molecule has 19 heavy (non-hydrogen) atoms. The van der Waals surface area contributed by atoms with Crippen molar-refractivity contribution in [3.63, 3.8) is 0 Å². The van der Waals surface area contributed by atoms with Gasteiger partial charge in [0.05, 0.1) is 13.1 Å². The van der Waals surface area contributed by atoms with Gasteiger partial charge >= 0.3 is 0 Å². The first-order chi connectivity index (χ1) is 8.83. The molecule has 1 saturated carbocycles. The fourth-order valence-electron chi connectivity index (χ4n) is 2.26. The van der Waals surface area contributed by atoms with E-state index in [2.05, 4.69) is 51.0 Å². The monoisotopic (exact) mass is 264 g/mol. The molecule has 0 atom stereocenters. The number of nitrogens with one attached hydrogen (secondary N) is 1. The Morgan fingerprint density at radius 1 is 1.37 bits per heavy atom. The first-order valence-electron chi connectivity index (χ1n) is 7.35. The highest BCUT2D eigenvalue weighted by Crippen LogP contribution is 2.29. The number of hydrogen-bond donors (Lipinski definition) is 1. The van der Waals surface area contributed by atoms with Crippen LogP contribution in [0.3, 0.4) is 0 Å². The Bertz CT molecular complexity index is 413. The van der Waals surface area contributed by atoms with Gasteiger partial charge in [0.1, 0.15) is 11.5 Å². The fourth-order valence-corrected chi connectivity index (χ4v) is 2.26. The second-order valence-corrected chi connectivity index (χ2v) is 7.06. The fraction of sp³-hybridized carbons (Fsp3) is 0.750. The van der Waals surface area contributed by atoms with E-state index in [0.717, 1.165) is 30.5 Å². The summed E-state index contributed by atoms with van der Waals surface area (Å²) < 4.78 is 5.98. The summed E-state index contributed by atoms with van der Waals surface area (Å²) in [5, 5.41) is 3.48. The van der Waals surface area contributed by atoms with Crippen LogP contribution in [0.5, 0.6) is 0 Å². The molecule has 0 spiro atoms. The van der Waals surface area contributed by atoms with Gasteiger partial charge in [-0.05, 0) is 65.1 Å². The predicted octanol–water partition coefficient (Wildman–Crippen LogP) is 3.32. The summed E-state index contributed by atoms with van der Waals surface area (Å²) in [6.07, 6.45) is 2.81. The molecular formula is C16H28N2O. The third kappa shape index (κ3) is 5.00. The number of aryl methyl sites for hydroxylation is 1. The van der Waals surface area contributed by atoms with Crippen LogP contribution in [-0.4, -0.2) is 24.0 Å². The van der Waals surface area contributed by atoms with E-state index in [1.165, 1.54) is 24.9 Å². The summed E-state index contributed by atoms with van der Waals surface area (Å²) in [5.41, 5.74) is 1.38. The first-order valence-corrected chi connectivity index (χ1v) is 7.35. The van der Waals surface area contributed by atoms with Crippen LogP contribution in [0.2, 0.25) is 0 Å². The summed E-state index contributed by atoms with van der Waals surface area (Å²) >= 11 is 0. The Kier molecular flexibility index (Phi) is 4.36. The molecule has 0 saturated heterocycles. The highest BCUT2D eigenvalue weighted by Gasteiger charge is 2.23. The molecule has 0 radical (unpaired) electrons. The predicted molar refractivity (Wildman–Crippen MR) is 79.1 cm³/mol. The van der Waals surface area contributed by atoms with Crippen LogP contribution in [0.1, 0.15) is 50.7 Å². The molecule has 2 rings (SSSR count). The van der Waals surface area contributed by atoms with Crippen LogP contribution in [-0.2, 0) is 13.1 Å². The van der Waals surface area contributed by atoms with Gasteiger partial charge in [0, 0.05) is 12.1 Å². The van der Waals surface area contributed by atoms with Crippen molar-refractivity contribution in [2.45, 2.75) is 59.2 Å². The van der Waals surface area contributed by atoms with Crippen LogP contribution in [0.25, 0.3) is 0 Å². The lowest BCUT2D eigenvalue weighted by Crippen LogP contribution is -2.35. The molecule has 0 amide bonds. The molecular weight excluding hydrogens is 236 g/mol. The average molecular weight is 264 g/mol. The molecule has 3 nitrogen and oxygen atoms in total. The zero-order valence-corrected chi connectivity index (χ0v) is 13.0.